The number of hydrogen-bond acceptors (Lipinski definition) is 1. The molecule has 0 unspecified atom stereocenters. The Labute approximate surface area is 79.5 Å². The Kier molecular flexibility index (Phi) is 2.51. The third-order valence-corrected chi connectivity index (χ3v) is 3.51. The fourth-order valence-electron chi connectivity index (χ4n) is 0.516. The molecule has 0 bridgehead atoms. The summed E-state index contributed by atoms with van der Waals surface area (Å²) in [5.74, 6) is -0.887. The summed E-state index contributed by atoms with van der Waals surface area (Å²) < 4.78 is 13.7. The molecule has 1 aromatic rings. The smallest absolute Gasteiger partial charge is 0.166 e. The highest BCUT2D eigenvalue weighted by atomic mass is 127. The van der Waals surface area contributed by atoms with Crippen molar-refractivity contribution in [3.8, 4) is 5.75 Å². The van der Waals surface area contributed by atoms with Gasteiger partial charge >= 0.3 is 0 Å². The molecule has 1 nitrogen and oxygen atoms in total. The maximum Gasteiger partial charge on any atom is 0.166 e. The van der Waals surface area contributed by atoms with Crippen LogP contribution in [0.25, 0.3) is 0 Å². The molecule has 0 fully saturated rings. The first-order valence-corrected chi connectivity index (χ1v) is 4.32. The van der Waals surface area contributed by atoms with E-state index in [1.165, 1.54) is 6.07 Å². The summed E-state index contributed by atoms with van der Waals surface area (Å²) >= 11 is 5.00. The quantitative estimate of drug-likeness (QED) is 0.576. The summed E-state index contributed by atoms with van der Waals surface area (Å²) in [6.45, 7) is 0. The minimum absolute atomic E-state index is 0.296. The number of aromatic hydroxyl groups is 1. The van der Waals surface area contributed by atoms with E-state index < -0.39 is 5.82 Å². The van der Waals surface area contributed by atoms with Crippen molar-refractivity contribution in [1.29, 1.82) is 0 Å². The number of benzene rings is 1. The van der Waals surface area contributed by atoms with Gasteiger partial charge in [-0.15, -0.1) is 0 Å². The molecule has 0 saturated carbocycles. The van der Waals surface area contributed by atoms with Crippen LogP contribution in [0, 0.1) is 9.39 Å². The Bertz CT molecular complexity index is 237. The highest BCUT2D eigenvalue weighted by Gasteiger charge is 2.06. The molecule has 54 valence electrons. The van der Waals surface area contributed by atoms with Gasteiger partial charge in [0.15, 0.2) is 11.6 Å². The molecule has 0 saturated heterocycles. The molecule has 1 N–H and O–H groups in total. The molecule has 0 radical (unpaired) electrons. The van der Waals surface area contributed by atoms with Crippen LogP contribution in [0.1, 0.15) is 0 Å². The molecule has 0 amide bonds. The van der Waals surface area contributed by atoms with Crippen LogP contribution in [0.4, 0.5) is 4.39 Å². The van der Waals surface area contributed by atoms with Crippen molar-refractivity contribution in [2.24, 2.45) is 0 Å². The van der Waals surface area contributed by atoms with Gasteiger partial charge in [-0.2, -0.15) is 0 Å². The van der Waals surface area contributed by atoms with Crippen LogP contribution >= 0.6 is 38.5 Å². The van der Waals surface area contributed by atoms with Gasteiger partial charge in [-0.25, -0.2) is 4.39 Å². The second kappa shape index (κ2) is 3.04. The number of phenols is 1. The summed E-state index contributed by atoms with van der Waals surface area (Å²) in [7, 11) is 0. The van der Waals surface area contributed by atoms with Crippen LogP contribution in [0.3, 0.4) is 0 Å². The van der Waals surface area contributed by atoms with E-state index in [2.05, 4.69) is 15.9 Å². The Morgan fingerprint density at radius 2 is 2.10 bits per heavy atom. The van der Waals surface area contributed by atoms with E-state index in [1.54, 1.807) is 6.07 Å². The monoisotopic (exact) mass is 316 g/mol. The predicted octanol–water partition coefficient (Wildman–Crippen LogP) is 2.90. The molecule has 0 aliphatic heterocycles. The molecule has 10 heavy (non-hydrogen) atoms. The largest absolute Gasteiger partial charge is 0.504 e. The van der Waals surface area contributed by atoms with Crippen LogP contribution in [-0.2, 0) is 0 Å². The van der Waals surface area contributed by atoms with Crippen LogP contribution in [0.5, 0.6) is 5.75 Å². The Morgan fingerprint density at radius 3 is 2.60 bits per heavy atom. The van der Waals surface area contributed by atoms with E-state index in [1.807, 2.05) is 22.6 Å². The molecule has 0 atom stereocenters. The van der Waals surface area contributed by atoms with Crippen molar-refractivity contribution in [2.45, 2.75) is 0 Å². The average molecular weight is 317 g/mol. The molecule has 1 aromatic carbocycles. The first-order chi connectivity index (χ1) is 4.63. The molecule has 0 aliphatic rings. The van der Waals surface area contributed by atoms with Gasteiger partial charge in [-0.3, -0.25) is 0 Å². The Morgan fingerprint density at radius 1 is 1.50 bits per heavy atom. The summed E-state index contributed by atoms with van der Waals surface area (Å²) in [6.07, 6.45) is 0. The molecule has 1 rings (SSSR count). The van der Waals surface area contributed by atoms with E-state index in [9.17, 15) is 4.39 Å². The summed E-state index contributed by atoms with van der Waals surface area (Å²) in [4.78, 5) is 0. The number of phenolic OH excluding ortho intramolecular Hbond substituents is 1. The van der Waals surface area contributed by atoms with E-state index in [-0.39, 0.29) is 5.75 Å². The third kappa shape index (κ3) is 1.42. The fourth-order valence-corrected chi connectivity index (χ4v) is 1.27. The van der Waals surface area contributed by atoms with Gasteiger partial charge < -0.3 is 5.11 Å². The van der Waals surface area contributed by atoms with E-state index in [0.717, 1.165) is 0 Å². The van der Waals surface area contributed by atoms with Crippen LogP contribution in [-0.4, -0.2) is 5.11 Å². The van der Waals surface area contributed by atoms with Gasteiger partial charge in [0.25, 0.3) is 0 Å². The second-order valence-electron chi connectivity index (χ2n) is 1.69. The van der Waals surface area contributed by atoms with Gasteiger partial charge in [0.2, 0.25) is 0 Å². The maximum absolute atomic E-state index is 12.5. The summed E-state index contributed by atoms with van der Waals surface area (Å²) in [5, 5.41) is 8.97. The van der Waals surface area contributed by atoms with Crippen LogP contribution in [0.15, 0.2) is 16.6 Å². The zero-order valence-corrected chi connectivity index (χ0v) is 8.48. The Hall–Kier alpha value is 0.160. The van der Waals surface area contributed by atoms with E-state index in [4.69, 9.17) is 5.11 Å². The molecular weight excluding hydrogens is 314 g/mol. The number of halogens is 3. The Balaban J connectivity index is 3.34. The number of hydrogen-bond donors (Lipinski definition) is 1. The van der Waals surface area contributed by atoms with Gasteiger partial charge in [0, 0.05) is 4.47 Å². The van der Waals surface area contributed by atoms with Crippen molar-refractivity contribution in [1.82, 2.24) is 0 Å². The molecule has 0 spiro atoms. The van der Waals surface area contributed by atoms with Crippen molar-refractivity contribution in [2.75, 3.05) is 0 Å². The maximum atomic E-state index is 12.5. The standard InChI is InChI=1S/C6H3BrFIO/c7-3-1-2-4(8)6(10)5(3)9/h1-2,10H. The minimum atomic E-state index is -0.590. The highest BCUT2D eigenvalue weighted by Crippen LogP contribution is 2.29. The van der Waals surface area contributed by atoms with E-state index >= 15 is 0 Å². The number of rotatable bonds is 0. The van der Waals surface area contributed by atoms with Crippen LogP contribution in [0.2, 0.25) is 0 Å². The van der Waals surface area contributed by atoms with Crippen molar-refractivity contribution in [3.63, 3.8) is 0 Å². The topological polar surface area (TPSA) is 20.2 Å². The lowest BCUT2D eigenvalue weighted by Crippen LogP contribution is -1.80. The lowest BCUT2D eigenvalue weighted by molar-refractivity contribution is 0.428. The molecule has 0 heterocycles. The predicted molar refractivity (Wildman–Crippen MR) is 48.5 cm³/mol. The lowest BCUT2D eigenvalue weighted by atomic mass is 10.3. The normalized spacial score (nSPS) is 9.90. The molecule has 0 aromatic heterocycles. The fraction of sp³-hybridized carbons (Fsp3) is 0. The lowest BCUT2D eigenvalue weighted by Gasteiger charge is -1.98. The summed E-state index contributed by atoms with van der Waals surface area (Å²) in [5.41, 5.74) is 0. The van der Waals surface area contributed by atoms with Gasteiger partial charge in [0.1, 0.15) is 0 Å². The average Bonchev–Trinajstić information content (AvgIpc) is 1.93. The van der Waals surface area contributed by atoms with Gasteiger partial charge in [0.05, 0.1) is 3.57 Å². The first kappa shape index (κ1) is 8.26. The van der Waals surface area contributed by atoms with Crippen molar-refractivity contribution < 1.29 is 9.50 Å². The van der Waals surface area contributed by atoms with E-state index in [0.29, 0.717) is 8.04 Å². The second-order valence-corrected chi connectivity index (χ2v) is 3.62. The minimum Gasteiger partial charge on any atom is -0.504 e. The van der Waals surface area contributed by atoms with Crippen molar-refractivity contribution in [3.05, 3.63) is 26.0 Å². The molecular formula is C6H3BrFIO. The van der Waals surface area contributed by atoms with Gasteiger partial charge in [-0.05, 0) is 50.7 Å². The highest BCUT2D eigenvalue weighted by molar-refractivity contribution is 14.1. The first-order valence-electron chi connectivity index (χ1n) is 2.45. The summed E-state index contributed by atoms with van der Waals surface area (Å²) in [6, 6.07) is 2.76. The van der Waals surface area contributed by atoms with Crippen molar-refractivity contribution >= 4 is 38.5 Å². The SMILES string of the molecule is Oc1c(F)ccc(Br)c1I. The van der Waals surface area contributed by atoms with Crippen LogP contribution < -0.4 is 0 Å². The van der Waals surface area contributed by atoms with Gasteiger partial charge in [-0.1, -0.05) is 0 Å². The molecule has 4 heteroatoms. The molecule has 0 aliphatic carbocycles. The zero-order valence-electron chi connectivity index (χ0n) is 4.74. The zero-order chi connectivity index (χ0) is 7.72. The third-order valence-electron chi connectivity index (χ3n) is 1.02.